The van der Waals surface area contributed by atoms with Gasteiger partial charge in [-0.3, -0.25) is 0 Å². The van der Waals surface area contributed by atoms with Gasteiger partial charge in [0.25, 0.3) is 0 Å². The van der Waals surface area contributed by atoms with Crippen LogP contribution in [-0.4, -0.2) is 45.7 Å². The van der Waals surface area contributed by atoms with E-state index in [1.165, 1.54) is 25.5 Å². The lowest BCUT2D eigenvalue weighted by molar-refractivity contribution is 0.0507. The average Bonchev–Trinajstić information content (AvgIpc) is 2.45. The van der Waals surface area contributed by atoms with Gasteiger partial charge in [0, 0.05) is 32.1 Å². The van der Waals surface area contributed by atoms with Crippen LogP contribution in [0.5, 0.6) is 0 Å². The van der Waals surface area contributed by atoms with E-state index in [4.69, 9.17) is 4.74 Å². The van der Waals surface area contributed by atoms with Gasteiger partial charge >= 0.3 is 0 Å². The molecule has 5 heteroatoms. The Morgan fingerprint density at radius 3 is 2.36 bits per heavy atom. The maximum atomic E-state index is 12.0. The minimum absolute atomic E-state index is 0.137. The monoisotopic (exact) mass is 331 g/mol. The summed E-state index contributed by atoms with van der Waals surface area (Å²) >= 11 is 0. The van der Waals surface area contributed by atoms with Crippen LogP contribution in [-0.2, 0) is 14.6 Å². The Hall–Kier alpha value is -0.130. The molecule has 1 aliphatic carbocycles. The van der Waals surface area contributed by atoms with Crippen LogP contribution in [0.4, 0.5) is 0 Å². The molecular weight excluding hydrogens is 298 g/mol. The van der Waals surface area contributed by atoms with Gasteiger partial charge in [0.2, 0.25) is 0 Å². The molecule has 2 fully saturated rings. The first kappa shape index (κ1) is 18.2. The first-order chi connectivity index (χ1) is 10.3. The SMILES string of the molecule is CC(C)(CNC1CCCCC1S(C)(=O)=O)CC1CCOCC1. The van der Waals surface area contributed by atoms with Crippen molar-refractivity contribution in [1.29, 1.82) is 0 Å². The first-order valence-corrected chi connectivity index (χ1v) is 10.7. The third-order valence-electron chi connectivity index (χ3n) is 5.28. The zero-order chi connectivity index (χ0) is 16.2. The van der Waals surface area contributed by atoms with E-state index in [9.17, 15) is 8.42 Å². The smallest absolute Gasteiger partial charge is 0.151 e. The van der Waals surface area contributed by atoms with Crippen molar-refractivity contribution in [2.45, 2.75) is 70.1 Å². The lowest BCUT2D eigenvalue weighted by Gasteiger charge is -2.36. The third-order valence-corrected chi connectivity index (χ3v) is 6.94. The highest BCUT2D eigenvalue weighted by Gasteiger charge is 2.34. The minimum Gasteiger partial charge on any atom is -0.381 e. The molecule has 1 saturated heterocycles. The topological polar surface area (TPSA) is 55.4 Å². The molecule has 0 aromatic heterocycles. The number of sulfone groups is 1. The first-order valence-electron chi connectivity index (χ1n) is 8.78. The fraction of sp³-hybridized carbons (Fsp3) is 1.00. The van der Waals surface area contributed by atoms with Gasteiger partial charge < -0.3 is 10.1 Å². The van der Waals surface area contributed by atoms with Crippen LogP contribution in [0.3, 0.4) is 0 Å². The third kappa shape index (κ3) is 5.50. The van der Waals surface area contributed by atoms with Crippen molar-refractivity contribution in [2.24, 2.45) is 11.3 Å². The molecule has 1 heterocycles. The standard InChI is InChI=1S/C17H33NO3S/c1-17(2,12-14-8-10-21-11-9-14)13-18-15-6-4-5-7-16(15)22(3,19)20/h14-16,18H,4-13H2,1-3H3. The van der Waals surface area contributed by atoms with Crippen LogP contribution in [0, 0.1) is 11.3 Å². The molecule has 0 amide bonds. The molecule has 22 heavy (non-hydrogen) atoms. The number of rotatable bonds is 6. The molecule has 2 aliphatic rings. The summed E-state index contributed by atoms with van der Waals surface area (Å²) < 4.78 is 29.4. The van der Waals surface area contributed by atoms with Crippen LogP contribution in [0.15, 0.2) is 0 Å². The Bertz CT molecular complexity index is 441. The quantitative estimate of drug-likeness (QED) is 0.813. The number of hydrogen-bond acceptors (Lipinski definition) is 4. The van der Waals surface area contributed by atoms with Crippen LogP contribution in [0.25, 0.3) is 0 Å². The summed E-state index contributed by atoms with van der Waals surface area (Å²) in [5.74, 6) is 0.752. The predicted octanol–water partition coefficient (Wildman–Crippen LogP) is 2.77. The Morgan fingerprint density at radius 1 is 1.09 bits per heavy atom. The summed E-state index contributed by atoms with van der Waals surface area (Å²) in [5, 5.41) is 3.40. The van der Waals surface area contributed by atoms with Gasteiger partial charge in [-0.25, -0.2) is 8.42 Å². The lowest BCUT2D eigenvalue weighted by Crippen LogP contribution is -2.48. The van der Waals surface area contributed by atoms with E-state index in [2.05, 4.69) is 19.2 Å². The van der Waals surface area contributed by atoms with E-state index in [0.717, 1.165) is 51.4 Å². The number of hydrogen-bond donors (Lipinski definition) is 1. The molecule has 0 spiro atoms. The fourth-order valence-corrected chi connectivity index (χ4v) is 5.48. The largest absolute Gasteiger partial charge is 0.381 e. The molecule has 0 bridgehead atoms. The van der Waals surface area contributed by atoms with Crippen molar-refractivity contribution in [1.82, 2.24) is 5.32 Å². The Balaban J connectivity index is 1.86. The average molecular weight is 332 g/mol. The molecule has 0 aromatic carbocycles. The van der Waals surface area contributed by atoms with Crippen LogP contribution in [0.1, 0.15) is 58.8 Å². The van der Waals surface area contributed by atoms with Gasteiger partial charge in [-0.05, 0) is 43.4 Å². The van der Waals surface area contributed by atoms with Crippen molar-refractivity contribution in [3.05, 3.63) is 0 Å². The van der Waals surface area contributed by atoms with Gasteiger partial charge in [-0.15, -0.1) is 0 Å². The lowest BCUT2D eigenvalue weighted by atomic mass is 9.79. The second kappa shape index (κ2) is 7.63. The van der Waals surface area contributed by atoms with Gasteiger partial charge in [-0.1, -0.05) is 26.7 Å². The summed E-state index contributed by atoms with van der Waals surface area (Å²) in [4.78, 5) is 0. The van der Waals surface area contributed by atoms with Crippen LogP contribution < -0.4 is 5.32 Å². The summed E-state index contributed by atoms with van der Waals surface area (Å²) in [6.45, 7) is 7.29. The summed E-state index contributed by atoms with van der Waals surface area (Å²) in [6, 6.07) is 0.137. The Kier molecular flexibility index (Phi) is 6.31. The van der Waals surface area contributed by atoms with E-state index in [1.807, 2.05) is 0 Å². The summed E-state index contributed by atoms with van der Waals surface area (Å²) in [7, 11) is -2.95. The van der Waals surface area contributed by atoms with Crippen molar-refractivity contribution in [3.63, 3.8) is 0 Å². The molecule has 2 unspecified atom stereocenters. The normalized spacial score (nSPS) is 28.7. The van der Waals surface area contributed by atoms with Crippen molar-refractivity contribution < 1.29 is 13.2 Å². The van der Waals surface area contributed by atoms with Crippen molar-refractivity contribution in [2.75, 3.05) is 26.0 Å². The zero-order valence-electron chi connectivity index (χ0n) is 14.4. The fourth-order valence-electron chi connectivity index (χ4n) is 4.05. The van der Waals surface area contributed by atoms with Gasteiger partial charge in [0.15, 0.2) is 9.84 Å². The molecule has 2 rings (SSSR count). The second-order valence-electron chi connectivity index (χ2n) is 8.06. The molecule has 1 aliphatic heterocycles. The molecule has 4 nitrogen and oxygen atoms in total. The highest BCUT2D eigenvalue weighted by Crippen LogP contribution is 2.31. The number of ether oxygens (including phenoxy) is 1. The van der Waals surface area contributed by atoms with E-state index in [-0.39, 0.29) is 16.7 Å². The van der Waals surface area contributed by atoms with Gasteiger partial charge in [0.1, 0.15) is 0 Å². The molecule has 1 N–H and O–H groups in total. The maximum absolute atomic E-state index is 12.0. The summed E-state index contributed by atoms with van der Waals surface area (Å²) in [5.41, 5.74) is 0.210. The number of nitrogens with one attached hydrogen (secondary N) is 1. The predicted molar refractivity (Wildman–Crippen MR) is 90.8 cm³/mol. The molecule has 0 aromatic rings. The molecule has 2 atom stereocenters. The minimum atomic E-state index is -2.95. The van der Waals surface area contributed by atoms with Crippen LogP contribution in [0.2, 0.25) is 0 Å². The van der Waals surface area contributed by atoms with Crippen molar-refractivity contribution >= 4 is 9.84 Å². The van der Waals surface area contributed by atoms with Gasteiger partial charge in [-0.2, -0.15) is 0 Å². The molecule has 1 saturated carbocycles. The molecule has 0 radical (unpaired) electrons. The van der Waals surface area contributed by atoms with Crippen LogP contribution >= 0.6 is 0 Å². The van der Waals surface area contributed by atoms with Crippen molar-refractivity contribution in [3.8, 4) is 0 Å². The zero-order valence-corrected chi connectivity index (χ0v) is 15.3. The van der Waals surface area contributed by atoms with Gasteiger partial charge in [0.05, 0.1) is 5.25 Å². The van der Waals surface area contributed by atoms with E-state index in [1.54, 1.807) is 0 Å². The van der Waals surface area contributed by atoms with E-state index >= 15 is 0 Å². The Labute approximate surface area is 136 Å². The highest BCUT2D eigenvalue weighted by atomic mass is 32.2. The summed E-state index contributed by atoms with van der Waals surface area (Å²) in [6.07, 6.45) is 8.91. The van der Waals surface area contributed by atoms with E-state index in [0.29, 0.717) is 0 Å². The van der Waals surface area contributed by atoms with E-state index < -0.39 is 9.84 Å². The molecule has 130 valence electrons. The second-order valence-corrected chi connectivity index (χ2v) is 10.3. The maximum Gasteiger partial charge on any atom is 0.151 e. The highest BCUT2D eigenvalue weighted by molar-refractivity contribution is 7.91. The Morgan fingerprint density at radius 2 is 1.73 bits per heavy atom. The molecular formula is C17H33NO3S.